The number of methoxy groups -OCH3 is 1. The lowest BCUT2D eigenvalue weighted by Gasteiger charge is -2.28. The van der Waals surface area contributed by atoms with Gasteiger partial charge in [-0.2, -0.15) is 5.26 Å². The third-order valence-electron chi connectivity index (χ3n) is 4.73. The second-order valence-electron chi connectivity index (χ2n) is 8.00. The van der Waals surface area contributed by atoms with Crippen LogP contribution in [0.15, 0.2) is 42.5 Å². The molecule has 1 unspecified atom stereocenters. The van der Waals surface area contributed by atoms with Gasteiger partial charge in [0, 0.05) is 24.3 Å². The largest absolute Gasteiger partial charge is 0.497 e. The molecule has 0 aromatic heterocycles. The number of ether oxygens (including phenoxy) is 2. The number of benzene rings is 2. The van der Waals surface area contributed by atoms with Gasteiger partial charge in [0.2, 0.25) is 0 Å². The molecule has 0 aliphatic rings. The Morgan fingerprint density at radius 3 is 2.53 bits per heavy atom. The molecule has 0 saturated carbocycles. The van der Waals surface area contributed by atoms with Crippen molar-refractivity contribution in [2.24, 2.45) is 0 Å². The Kier molecular flexibility index (Phi) is 8.97. The lowest BCUT2D eigenvalue weighted by Crippen LogP contribution is -2.46. The van der Waals surface area contributed by atoms with Crippen LogP contribution in [0.2, 0.25) is 0 Å². The summed E-state index contributed by atoms with van der Waals surface area (Å²) in [6.45, 7) is 7.63. The van der Waals surface area contributed by atoms with E-state index >= 15 is 0 Å². The summed E-state index contributed by atoms with van der Waals surface area (Å²) in [4.78, 5) is 0. The number of nitriles is 1. The standard InChI is InChI=1S/C24H33N3O3/c1-5-12-26-20-8-11-23(19(13-20)15-25)30-17-21(28)16-27-24(2,3)14-18-6-9-22(29-4)10-7-18/h6-11,13,21,26-28H,5,12,14,16-17H2,1-4H3. The molecule has 2 rings (SSSR count). The minimum Gasteiger partial charge on any atom is -0.497 e. The van der Waals surface area contributed by atoms with Crippen LogP contribution < -0.4 is 20.1 Å². The van der Waals surface area contributed by atoms with E-state index in [0.29, 0.717) is 17.9 Å². The summed E-state index contributed by atoms with van der Waals surface area (Å²) in [5, 5.41) is 26.4. The van der Waals surface area contributed by atoms with Crippen molar-refractivity contribution in [1.82, 2.24) is 5.32 Å². The molecule has 162 valence electrons. The summed E-state index contributed by atoms with van der Waals surface area (Å²) in [7, 11) is 1.65. The van der Waals surface area contributed by atoms with Gasteiger partial charge in [-0.05, 0) is 62.6 Å². The van der Waals surface area contributed by atoms with Crippen LogP contribution in [0.25, 0.3) is 0 Å². The molecule has 6 heteroatoms. The third-order valence-corrected chi connectivity index (χ3v) is 4.73. The van der Waals surface area contributed by atoms with E-state index in [4.69, 9.17) is 9.47 Å². The van der Waals surface area contributed by atoms with Crippen LogP contribution in [-0.4, -0.2) is 43.6 Å². The Bertz CT molecular complexity index is 829. The van der Waals surface area contributed by atoms with Crippen LogP contribution >= 0.6 is 0 Å². The van der Waals surface area contributed by atoms with Crippen LogP contribution in [0.3, 0.4) is 0 Å². The molecule has 1 atom stereocenters. The predicted molar refractivity (Wildman–Crippen MR) is 120 cm³/mol. The molecule has 0 bridgehead atoms. The number of hydrogen-bond donors (Lipinski definition) is 3. The van der Waals surface area contributed by atoms with Crippen LogP contribution in [0.1, 0.15) is 38.3 Å². The quantitative estimate of drug-likeness (QED) is 0.493. The number of aliphatic hydroxyl groups is 1. The number of anilines is 1. The molecule has 0 aliphatic heterocycles. The van der Waals surface area contributed by atoms with Gasteiger partial charge < -0.3 is 25.2 Å². The van der Waals surface area contributed by atoms with Gasteiger partial charge in [0.15, 0.2) is 0 Å². The van der Waals surface area contributed by atoms with Crippen LogP contribution in [0.5, 0.6) is 11.5 Å². The van der Waals surface area contributed by atoms with Crippen molar-refractivity contribution in [2.75, 3.05) is 32.1 Å². The van der Waals surface area contributed by atoms with Crippen molar-refractivity contribution in [3.05, 3.63) is 53.6 Å². The van der Waals surface area contributed by atoms with Crippen LogP contribution in [0, 0.1) is 11.3 Å². The average Bonchev–Trinajstić information content (AvgIpc) is 2.75. The molecule has 3 N–H and O–H groups in total. The number of nitrogens with zero attached hydrogens (tertiary/aromatic N) is 1. The molecular formula is C24H33N3O3. The molecule has 0 heterocycles. The summed E-state index contributed by atoms with van der Waals surface area (Å²) < 4.78 is 10.9. The molecule has 0 spiro atoms. The van der Waals surface area contributed by atoms with Gasteiger partial charge in [0.25, 0.3) is 0 Å². The summed E-state index contributed by atoms with van der Waals surface area (Å²) in [6.07, 6.45) is 1.13. The van der Waals surface area contributed by atoms with E-state index in [9.17, 15) is 10.4 Å². The highest BCUT2D eigenvalue weighted by Gasteiger charge is 2.20. The van der Waals surface area contributed by atoms with E-state index in [1.807, 2.05) is 30.3 Å². The predicted octanol–water partition coefficient (Wildman–Crippen LogP) is 3.74. The molecule has 2 aromatic rings. The van der Waals surface area contributed by atoms with Gasteiger partial charge in [-0.15, -0.1) is 0 Å². The minimum absolute atomic E-state index is 0.113. The van der Waals surface area contributed by atoms with E-state index in [0.717, 1.165) is 30.8 Å². The topological polar surface area (TPSA) is 86.5 Å². The molecule has 0 fully saturated rings. The van der Waals surface area contributed by atoms with Gasteiger partial charge in [0.1, 0.15) is 30.3 Å². The van der Waals surface area contributed by atoms with Crippen molar-refractivity contribution in [2.45, 2.75) is 45.3 Å². The van der Waals surface area contributed by atoms with Crippen molar-refractivity contribution in [3.63, 3.8) is 0 Å². The maximum Gasteiger partial charge on any atom is 0.137 e. The Balaban J connectivity index is 1.83. The van der Waals surface area contributed by atoms with E-state index in [1.54, 1.807) is 19.2 Å². The van der Waals surface area contributed by atoms with Gasteiger partial charge >= 0.3 is 0 Å². The van der Waals surface area contributed by atoms with Crippen molar-refractivity contribution in [1.29, 1.82) is 5.26 Å². The highest BCUT2D eigenvalue weighted by molar-refractivity contribution is 5.55. The van der Waals surface area contributed by atoms with E-state index in [1.165, 1.54) is 5.56 Å². The van der Waals surface area contributed by atoms with Gasteiger partial charge in [-0.1, -0.05) is 19.1 Å². The summed E-state index contributed by atoms with van der Waals surface area (Å²) in [6, 6.07) is 15.6. The van der Waals surface area contributed by atoms with E-state index in [2.05, 4.69) is 37.5 Å². The van der Waals surface area contributed by atoms with Crippen LogP contribution in [0.4, 0.5) is 5.69 Å². The smallest absolute Gasteiger partial charge is 0.137 e. The second-order valence-corrected chi connectivity index (χ2v) is 8.00. The number of aliphatic hydroxyl groups excluding tert-OH is 1. The van der Waals surface area contributed by atoms with E-state index in [-0.39, 0.29) is 12.1 Å². The highest BCUT2D eigenvalue weighted by Crippen LogP contribution is 2.22. The zero-order chi connectivity index (χ0) is 22.0. The molecule has 6 nitrogen and oxygen atoms in total. The molecule has 0 saturated heterocycles. The first-order chi connectivity index (χ1) is 14.4. The summed E-state index contributed by atoms with van der Waals surface area (Å²) in [5.41, 5.74) is 2.34. The first kappa shape index (κ1) is 23.5. The average molecular weight is 412 g/mol. The molecule has 0 aliphatic carbocycles. The minimum atomic E-state index is -0.690. The number of β-amino-alcohol motifs (C(OH)–C–C–N with tert-alkyl or cyclic N) is 1. The summed E-state index contributed by atoms with van der Waals surface area (Å²) >= 11 is 0. The van der Waals surface area contributed by atoms with Crippen molar-refractivity contribution >= 4 is 5.69 Å². The molecular weight excluding hydrogens is 378 g/mol. The Hall–Kier alpha value is -2.75. The molecule has 30 heavy (non-hydrogen) atoms. The highest BCUT2D eigenvalue weighted by atomic mass is 16.5. The summed E-state index contributed by atoms with van der Waals surface area (Å²) in [5.74, 6) is 1.32. The first-order valence-corrected chi connectivity index (χ1v) is 10.3. The first-order valence-electron chi connectivity index (χ1n) is 10.3. The molecule has 0 amide bonds. The van der Waals surface area contributed by atoms with Crippen molar-refractivity contribution in [3.8, 4) is 17.6 Å². The van der Waals surface area contributed by atoms with Crippen LogP contribution in [-0.2, 0) is 6.42 Å². The fraction of sp³-hybridized carbons (Fsp3) is 0.458. The molecule has 2 aromatic carbocycles. The second kappa shape index (κ2) is 11.4. The monoisotopic (exact) mass is 411 g/mol. The van der Waals surface area contributed by atoms with E-state index < -0.39 is 6.10 Å². The zero-order valence-corrected chi connectivity index (χ0v) is 18.4. The third kappa shape index (κ3) is 7.58. The lowest BCUT2D eigenvalue weighted by molar-refractivity contribution is 0.0987. The zero-order valence-electron chi connectivity index (χ0n) is 18.4. The number of nitrogens with one attached hydrogen (secondary N) is 2. The fourth-order valence-corrected chi connectivity index (χ4v) is 3.08. The Morgan fingerprint density at radius 1 is 1.17 bits per heavy atom. The maximum atomic E-state index is 10.3. The number of hydrogen-bond acceptors (Lipinski definition) is 6. The Labute approximate surface area is 179 Å². The normalized spacial score (nSPS) is 12.1. The van der Waals surface area contributed by atoms with Gasteiger partial charge in [-0.25, -0.2) is 0 Å². The Morgan fingerprint density at radius 2 is 1.90 bits per heavy atom. The lowest BCUT2D eigenvalue weighted by atomic mass is 9.94. The SMILES string of the molecule is CCCNc1ccc(OCC(O)CNC(C)(C)Cc2ccc(OC)cc2)c(C#N)c1. The number of rotatable bonds is 12. The maximum absolute atomic E-state index is 10.3. The van der Waals surface area contributed by atoms with Gasteiger partial charge in [-0.3, -0.25) is 0 Å². The van der Waals surface area contributed by atoms with Crippen molar-refractivity contribution < 1.29 is 14.6 Å². The fourth-order valence-electron chi connectivity index (χ4n) is 3.08. The van der Waals surface area contributed by atoms with Gasteiger partial charge in [0.05, 0.1) is 12.7 Å². The molecule has 0 radical (unpaired) electrons.